The fraction of sp³-hybridized carbons (Fsp3) is 0.929. The first-order valence-corrected chi connectivity index (χ1v) is 7.29. The number of aliphatic hydroxyl groups excluding tert-OH is 1. The molecule has 2 aliphatic carbocycles. The van der Waals surface area contributed by atoms with Crippen LogP contribution in [-0.4, -0.2) is 47.2 Å². The molecule has 5 atom stereocenters. The molecule has 3 aliphatic rings. The van der Waals surface area contributed by atoms with Gasteiger partial charge in [-0.15, -0.1) is 0 Å². The second kappa shape index (κ2) is 4.49. The third kappa shape index (κ3) is 1.86. The van der Waals surface area contributed by atoms with Crippen molar-refractivity contribution in [3.8, 4) is 0 Å². The van der Waals surface area contributed by atoms with Crippen molar-refractivity contribution in [2.75, 3.05) is 13.1 Å². The van der Waals surface area contributed by atoms with E-state index in [9.17, 15) is 9.90 Å². The molecule has 1 aliphatic heterocycles. The van der Waals surface area contributed by atoms with Crippen LogP contribution in [0.15, 0.2) is 0 Å². The number of aliphatic hydroxyl groups is 1. The fourth-order valence-electron chi connectivity index (χ4n) is 4.31. The van der Waals surface area contributed by atoms with E-state index in [4.69, 9.17) is 0 Å². The molecular formula is C14H24N2O2. The highest BCUT2D eigenvalue weighted by Crippen LogP contribution is 2.54. The number of hydrogen-bond acceptors (Lipinski definition) is 3. The van der Waals surface area contributed by atoms with E-state index >= 15 is 0 Å². The van der Waals surface area contributed by atoms with E-state index in [1.807, 2.05) is 4.90 Å². The quantitative estimate of drug-likeness (QED) is 0.770. The topological polar surface area (TPSA) is 52.6 Å². The minimum Gasteiger partial charge on any atom is -0.391 e. The van der Waals surface area contributed by atoms with Gasteiger partial charge in [-0.2, -0.15) is 0 Å². The van der Waals surface area contributed by atoms with Crippen LogP contribution in [0.3, 0.4) is 0 Å². The van der Waals surface area contributed by atoms with E-state index in [2.05, 4.69) is 19.2 Å². The van der Waals surface area contributed by atoms with Gasteiger partial charge in [0.25, 0.3) is 0 Å². The molecule has 2 bridgehead atoms. The standard InChI is InChI=1S/C14H24N2O2/c1-8(2)15-4-3-12(17)16-7-10-5-9-6-11(10)13(16)14(9)18/h8-11,13-15,18H,3-7H2,1-2H3. The Morgan fingerprint density at radius 3 is 2.83 bits per heavy atom. The Hall–Kier alpha value is -0.610. The van der Waals surface area contributed by atoms with E-state index in [0.29, 0.717) is 30.2 Å². The first kappa shape index (κ1) is 12.4. The van der Waals surface area contributed by atoms with Crippen molar-refractivity contribution in [3.63, 3.8) is 0 Å². The summed E-state index contributed by atoms with van der Waals surface area (Å²) in [4.78, 5) is 14.2. The summed E-state index contributed by atoms with van der Waals surface area (Å²) in [7, 11) is 0. The van der Waals surface area contributed by atoms with Crippen LogP contribution < -0.4 is 5.32 Å². The molecule has 0 aromatic heterocycles. The number of nitrogens with one attached hydrogen (secondary N) is 1. The van der Waals surface area contributed by atoms with Gasteiger partial charge >= 0.3 is 0 Å². The van der Waals surface area contributed by atoms with Gasteiger partial charge in [-0.1, -0.05) is 13.8 Å². The molecule has 3 fully saturated rings. The van der Waals surface area contributed by atoms with Crippen molar-refractivity contribution < 1.29 is 9.90 Å². The Morgan fingerprint density at radius 2 is 2.17 bits per heavy atom. The summed E-state index contributed by atoms with van der Waals surface area (Å²) in [6, 6.07) is 0.564. The molecule has 0 aromatic rings. The van der Waals surface area contributed by atoms with Gasteiger partial charge in [0.1, 0.15) is 0 Å². The summed E-state index contributed by atoms with van der Waals surface area (Å²) in [5.74, 6) is 1.95. The molecule has 4 nitrogen and oxygen atoms in total. The van der Waals surface area contributed by atoms with E-state index in [1.54, 1.807) is 0 Å². The lowest BCUT2D eigenvalue weighted by atomic mass is 9.88. The average molecular weight is 252 g/mol. The van der Waals surface area contributed by atoms with Gasteiger partial charge in [0, 0.05) is 25.6 Å². The number of rotatable bonds is 4. The molecule has 1 amide bonds. The van der Waals surface area contributed by atoms with Gasteiger partial charge in [-0.25, -0.2) is 0 Å². The number of likely N-dealkylation sites (tertiary alicyclic amines) is 1. The van der Waals surface area contributed by atoms with Crippen LogP contribution in [-0.2, 0) is 4.79 Å². The second-order valence-electron chi connectivity index (χ2n) is 6.54. The predicted molar refractivity (Wildman–Crippen MR) is 69.0 cm³/mol. The van der Waals surface area contributed by atoms with Gasteiger partial charge in [-0.3, -0.25) is 4.79 Å². The number of carbonyl (C=O) groups is 1. The fourth-order valence-corrected chi connectivity index (χ4v) is 4.31. The van der Waals surface area contributed by atoms with Gasteiger partial charge in [0.15, 0.2) is 0 Å². The van der Waals surface area contributed by atoms with Crippen LogP contribution in [0, 0.1) is 17.8 Å². The van der Waals surface area contributed by atoms with Crippen LogP contribution in [0.1, 0.15) is 33.1 Å². The van der Waals surface area contributed by atoms with Crippen molar-refractivity contribution in [1.29, 1.82) is 0 Å². The van der Waals surface area contributed by atoms with Gasteiger partial charge in [0.05, 0.1) is 12.1 Å². The summed E-state index contributed by atoms with van der Waals surface area (Å²) < 4.78 is 0. The molecule has 0 spiro atoms. The van der Waals surface area contributed by atoms with Crippen molar-refractivity contribution in [3.05, 3.63) is 0 Å². The molecule has 2 N–H and O–H groups in total. The zero-order valence-electron chi connectivity index (χ0n) is 11.3. The van der Waals surface area contributed by atoms with Crippen molar-refractivity contribution >= 4 is 5.91 Å². The third-order valence-corrected chi connectivity index (χ3v) is 5.06. The molecule has 0 aromatic carbocycles. The summed E-state index contributed by atoms with van der Waals surface area (Å²) in [5, 5.41) is 13.5. The Labute approximate surface area is 109 Å². The van der Waals surface area contributed by atoms with Gasteiger partial charge in [0.2, 0.25) is 5.91 Å². The van der Waals surface area contributed by atoms with Gasteiger partial charge in [-0.05, 0) is 30.6 Å². The van der Waals surface area contributed by atoms with Crippen LogP contribution in [0.2, 0.25) is 0 Å². The normalized spacial score (nSPS) is 41.1. The van der Waals surface area contributed by atoms with Crippen LogP contribution in [0.25, 0.3) is 0 Å². The molecule has 4 heteroatoms. The lowest BCUT2D eigenvalue weighted by molar-refractivity contribution is -0.134. The average Bonchev–Trinajstić information content (AvgIpc) is 2.88. The van der Waals surface area contributed by atoms with Gasteiger partial charge < -0.3 is 15.3 Å². The molecule has 5 unspecified atom stereocenters. The monoisotopic (exact) mass is 252 g/mol. The Bertz CT molecular complexity index is 343. The number of nitrogens with zero attached hydrogens (tertiary/aromatic N) is 1. The molecule has 3 rings (SSSR count). The van der Waals surface area contributed by atoms with E-state index < -0.39 is 0 Å². The maximum absolute atomic E-state index is 12.3. The zero-order valence-corrected chi connectivity index (χ0v) is 11.3. The highest BCUT2D eigenvalue weighted by atomic mass is 16.3. The molecule has 1 heterocycles. The number of amides is 1. The largest absolute Gasteiger partial charge is 0.391 e. The lowest BCUT2D eigenvalue weighted by Gasteiger charge is -2.29. The Balaban J connectivity index is 1.59. The Morgan fingerprint density at radius 1 is 1.39 bits per heavy atom. The number of hydrogen-bond donors (Lipinski definition) is 2. The van der Waals surface area contributed by atoms with Crippen molar-refractivity contribution in [2.24, 2.45) is 17.8 Å². The first-order valence-electron chi connectivity index (χ1n) is 7.29. The summed E-state index contributed by atoms with van der Waals surface area (Å²) in [6.45, 7) is 5.82. The first-order chi connectivity index (χ1) is 8.58. The van der Waals surface area contributed by atoms with Crippen LogP contribution in [0.4, 0.5) is 0 Å². The van der Waals surface area contributed by atoms with Crippen LogP contribution in [0.5, 0.6) is 0 Å². The highest BCUT2D eigenvalue weighted by Gasteiger charge is 2.59. The molecule has 102 valence electrons. The minimum absolute atomic E-state index is 0.139. The third-order valence-electron chi connectivity index (χ3n) is 5.06. The second-order valence-corrected chi connectivity index (χ2v) is 6.54. The van der Waals surface area contributed by atoms with E-state index in [1.165, 1.54) is 0 Å². The van der Waals surface area contributed by atoms with Crippen LogP contribution >= 0.6 is 0 Å². The minimum atomic E-state index is -0.254. The maximum Gasteiger partial charge on any atom is 0.224 e. The Kier molecular flexibility index (Phi) is 3.10. The van der Waals surface area contributed by atoms with E-state index in [-0.39, 0.29) is 18.1 Å². The predicted octanol–water partition coefficient (Wildman–Crippen LogP) is 0.602. The lowest BCUT2D eigenvalue weighted by Crippen LogP contribution is -2.44. The van der Waals surface area contributed by atoms with Crippen molar-refractivity contribution in [1.82, 2.24) is 10.2 Å². The maximum atomic E-state index is 12.3. The zero-order chi connectivity index (χ0) is 12.9. The summed E-state index contributed by atoms with van der Waals surface area (Å²) >= 11 is 0. The summed E-state index contributed by atoms with van der Waals surface area (Å²) in [6.07, 6.45) is 2.59. The van der Waals surface area contributed by atoms with E-state index in [0.717, 1.165) is 25.9 Å². The molecule has 1 saturated heterocycles. The molecule has 18 heavy (non-hydrogen) atoms. The number of carbonyl (C=O) groups excluding carboxylic acids is 1. The smallest absolute Gasteiger partial charge is 0.224 e. The molecular weight excluding hydrogens is 228 g/mol. The molecule has 0 radical (unpaired) electrons. The summed E-state index contributed by atoms with van der Waals surface area (Å²) in [5.41, 5.74) is 0. The SMILES string of the molecule is CC(C)NCCC(=O)N1CC2CC3CC2C1C3O. The highest BCUT2D eigenvalue weighted by molar-refractivity contribution is 5.77. The number of fused-ring (bicyclic) bond motifs is 1. The molecule has 2 saturated carbocycles. The van der Waals surface area contributed by atoms with Crippen molar-refractivity contribution in [2.45, 2.75) is 51.3 Å².